The maximum Gasteiger partial charge on any atom is 0.223 e. The van der Waals surface area contributed by atoms with Gasteiger partial charge in [0.2, 0.25) is 5.91 Å². The van der Waals surface area contributed by atoms with Crippen LogP contribution in [0.15, 0.2) is 17.5 Å². The van der Waals surface area contributed by atoms with Gasteiger partial charge in [-0.05, 0) is 16.9 Å². The van der Waals surface area contributed by atoms with Gasteiger partial charge in [0.15, 0.2) is 5.78 Å². The molecule has 1 aliphatic rings. The Hall–Kier alpha value is -1.20. The highest BCUT2D eigenvalue weighted by Crippen LogP contribution is 2.20. The lowest BCUT2D eigenvalue weighted by Gasteiger charge is -2.35. The molecular formula is C16H24N2O2S. The molecule has 1 aromatic rings. The summed E-state index contributed by atoms with van der Waals surface area (Å²) in [5.74, 6) is 0.409. The molecule has 1 fully saturated rings. The molecule has 1 aliphatic heterocycles. The molecule has 0 atom stereocenters. The molecule has 2 heterocycles. The average molecular weight is 308 g/mol. The third-order valence-electron chi connectivity index (χ3n) is 3.57. The van der Waals surface area contributed by atoms with Crippen LogP contribution in [0.5, 0.6) is 0 Å². The second kappa shape index (κ2) is 6.71. The van der Waals surface area contributed by atoms with Crippen LogP contribution in [0.25, 0.3) is 0 Å². The molecule has 1 amide bonds. The molecule has 0 radical (unpaired) electrons. The van der Waals surface area contributed by atoms with E-state index >= 15 is 0 Å². The maximum absolute atomic E-state index is 12.2. The number of piperazine rings is 1. The first-order valence-electron chi connectivity index (χ1n) is 7.42. The minimum atomic E-state index is 0.0311. The lowest BCUT2D eigenvalue weighted by atomic mass is 9.91. The van der Waals surface area contributed by atoms with E-state index in [0.717, 1.165) is 31.1 Å². The fourth-order valence-corrected chi connectivity index (χ4v) is 3.10. The van der Waals surface area contributed by atoms with Crippen LogP contribution in [0.2, 0.25) is 0 Å². The van der Waals surface area contributed by atoms with Gasteiger partial charge in [0, 0.05) is 32.6 Å². The van der Waals surface area contributed by atoms with E-state index in [2.05, 4.69) is 25.7 Å². The minimum absolute atomic E-state index is 0.0311. The molecule has 0 N–H and O–H groups in total. The molecule has 0 bridgehead atoms. The first-order valence-corrected chi connectivity index (χ1v) is 8.30. The second-order valence-corrected chi connectivity index (χ2v) is 7.74. The summed E-state index contributed by atoms with van der Waals surface area (Å²) in [5.41, 5.74) is 0.0311. The predicted octanol–water partition coefficient (Wildman–Crippen LogP) is 2.51. The van der Waals surface area contributed by atoms with Crippen LogP contribution in [0.1, 0.15) is 36.9 Å². The Balaban J connectivity index is 1.78. The summed E-state index contributed by atoms with van der Waals surface area (Å²) in [7, 11) is 0. The number of hydrogen-bond donors (Lipinski definition) is 0. The van der Waals surface area contributed by atoms with Crippen molar-refractivity contribution in [3.63, 3.8) is 0 Å². The van der Waals surface area contributed by atoms with Gasteiger partial charge < -0.3 is 4.90 Å². The van der Waals surface area contributed by atoms with E-state index in [1.807, 2.05) is 22.4 Å². The molecule has 2 rings (SSSR count). The van der Waals surface area contributed by atoms with Crippen molar-refractivity contribution in [2.45, 2.75) is 27.2 Å². The van der Waals surface area contributed by atoms with Gasteiger partial charge in [0.25, 0.3) is 0 Å². The normalized spacial score (nSPS) is 17.0. The molecule has 0 aliphatic carbocycles. The predicted molar refractivity (Wildman–Crippen MR) is 85.7 cm³/mol. The Morgan fingerprint density at radius 2 is 1.86 bits per heavy atom. The van der Waals surface area contributed by atoms with Gasteiger partial charge >= 0.3 is 0 Å². The van der Waals surface area contributed by atoms with Crippen molar-refractivity contribution in [3.05, 3.63) is 22.4 Å². The van der Waals surface area contributed by atoms with Crippen molar-refractivity contribution in [1.29, 1.82) is 0 Å². The molecule has 0 unspecified atom stereocenters. The highest BCUT2D eigenvalue weighted by atomic mass is 32.1. The zero-order valence-corrected chi connectivity index (χ0v) is 13.9. The van der Waals surface area contributed by atoms with Gasteiger partial charge in [-0.2, -0.15) is 0 Å². The first-order chi connectivity index (χ1) is 9.85. The van der Waals surface area contributed by atoms with Crippen LogP contribution < -0.4 is 0 Å². The summed E-state index contributed by atoms with van der Waals surface area (Å²) < 4.78 is 0. The lowest BCUT2D eigenvalue weighted by molar-refractivity contribution is -0.134. The van der Waals surface area contributed by atoms with Crippen LogP contribution in [0.3, 0.4) is 0 Å². The smallest absolute Gasteiger partial charge is 0.223 e. The van der Waals surface area contributed by atoms with Gasteiger partial charge in [0.1, 0.15) is 0 Å². The van der Waals surface area contributed by atoms with E-state index in [1.54, 1.807) is 0 Å². The molecule has 0 aromatic carbocycles. The standard InChI is InChI=1S/C16H24N2O2S/c1-16(2,3)11-15(20)18-8-6-17(7-9-18)12-13(19)14-5-4-10-21-14/h4-5,10H,6-9,11-12H2,1-3H3. The summed E-state index contributed by atoms with van der Waals surface area (Å²) in [5, 5.41) is 1.93. The summed E-state index contributed by atoms with van der Waals surface area (Å²) in [6, 6.07) is 3.77. The Morgan fingerprint density at radius 1 is 1.19 bits per heavy atom. The van der Waals surface area contributed by atoms with Crippen LogP contribution in [-0.2, 0) is 4.79 Å². The number of ketones is 1. The highest BCUT2D eigenvalue weighted by Gasteiger charge is 2.25. The molecule has 4 nitrogen and oxygen atoms in total. The monoisotopic (exact) mass is 308 g/mol. The zero-order chi connectivity index (χ0) is 15.5. The Bertz CT molecular complexity index is 483. The van der Waals surface area contributed by atoms with Crippen LogP contribution in [0, 0.1) is 5.41 Å². The van der Waals surface area contributed by atoms with Crippen molar-refractivity contribution >= 4 is 23.0 Å². The molecule has 5 heteroatoms. The molecule has 21 heavy (non-hydrogen) atoms. The van der Waals surface area contributed by atoms with Crippen molar-refractivity contribution < 1.29 is 9.59 Å². The fourth-order valence-electron chi connectivity index (χ4n) is 2.44. The Kier molecular flexibility index (Phi) is 5.17. The summed E-state index contributed by atoms with van der Waals surface area (Å²) >= 11 is 1.49. The second-order valence-electron chi connectivity index (χ2n) is 6.79. The van der Waals surface area contributed by atoms with Crippen molar-refractivity contribution in [3.8, 4) is 0 Å². The van der Waals surface area contributed by atoms with Crippen LogP contribution >= 0.6 is 11.3 Å². The molecule has 1 saturated heterocycles. The third-order valence-corrected chi connectivity index (χ3v) is 4.48. The summed E-state index contributed by atoms with van der Waals surface area (Å²) in [6.07, 6.45) is 0.584. The summed E-state index contributed by atoms with van der Waals surface area (Å²) in [4.78, 5) is 29.1. The molecular weight excluding hydrogens is 284 g/mol. The first kappa shape index (κ1) is 16.2. The van der Waals surface area contributed by atoms with Gasteiger partial charge in [-0.25, -0.2) is 0 Å². The summed E-state index contributed by atoms with van der Waals surface area (Å²) in [6.45, 7) is 9.74. The minimum Gasteiger partial charge on any atom is -0.340 e. The number of nitrogens with zero attached hydrogens (tertiary/aromatic N) is 2. The van der Waals surface area contributed by atoms with Crippen molar-refractivity contribution in [2.75, 3.05) is 32.7 Å². The molecule has 0 spiro atoms. The number of carbonyl (C=O) groups excluding carboxylic acids is 2. The number of carbonyl (C=O) groups is 2. The number of Topliss-reactive ketones (excluding diaryl/α,β-unsaturated/α-hetero) is 1. The molecule has 1 aromatic heterocycles. The largest absolute Gasteiger partial charge is 0.340 e. The van der Waals surface area contributed by atoms with Gasteiger partial charge in [-0.1, -0.05) is 26.8 Å². The number of amides is 1. The van der Waals surface area contributed by atoms with E-state index in [9.17, 15) is 9.59 Å². The van der Waals surface area contributed by atoms with Crippen molar-refractivity contribution in [1.82, 2.24) is 9.80 Å². The Morgan fingerprint density at radius 3 is 2.38 bits per heavy atom. The van der Waals surface area contributed by atoms with E-state index in [1.165, 1.54) is 11.3 Å². The maximum atomic E-state index is 12.2. The quantitative estimate of drug-likeness (QED) is 0.803. The van der Waals surface area contributed by atoms with Gasteiger partial charge in [-0.3, -0.25) is 14.5 Å². The topological polar surface area (TPSA) is 40.6 Å². The van der Waals surface area contributed by atoms with E-state index < -0.39 is 0 Å². The zero-order valence-electron chi connectivity index (χ0n) is 13.1. The van der Waals surface area contributed by atoms with Crippen LogP contribution in [-0.4, -0.2) is 54.2 Å². The fraction of sp³-hybridized carbons (Fsp3) is 0.625. The van der Waals surface area contributed by atoms with Gasteiger partial charge in [-0.15, -0.1) is 11.3 Å². The SMILES string of the molecule is CC(C)(C)CC(=O)N1CCN(CC(=O)c2cccs2)CC1. The number of hydrogen-bond acceptors (Lipinski definition) is 4. The van der Waals surface area contributed by atoms with E-state index in [4.69, 9.17) is 0 Å². The lowest BCUT2D eigenvalue weighted by Crippen LogP contribution is -2.50. The molecule has 0 saturated carbocycles. The van der Waals surface area contributed by atoms with Gasteiger partial charge in [0.05, 0.1) is 11.4 Å². The average Bonchev–Trinajstić information content (AvgIpc) is 2.91. The van der Waals surface area contributed by atoms with Crippen LogP contribution in [0.4, 0.5) is 0 Å². The number of rotatable bonds is 4. The Labute approximate surface area is 130 Å². The van der Waals surface area contributed by atoms with Crippen molar-refractivity contribution in [2.24, 2.45) is 5.41 Å². The highest BCUT2D eigenvalue weighted by molar-refractivity contribution is 7.12. The molecule has 116 valence electrons. The van der Waals surface area contributed by atoms with E-state index in [-0.39, 0.29) is 17.1 Å². The third kappa shape index (κ3) is 4.93. The van der Waals surface area contributed by atoms with E-state index in [0.29, 0.717) is 13.0 Å². The number of thiophene rings is 1.